The van der Waals surface area contributed by atoms with E-state index < -0.39 is 5.82 Å². The van der Waals surface area contributed by atoms with Gasteiger partial charge >= 0.3 is 0 Å². The first-order valence-electron chi connectivity index (χ1n) is 5.40. The van der Waals surface area contributed by atoms with Crippen LogP contribution >= 0.6 is 0 Å². The molecule has 0 radical (unpaired) electrons. The van der Waals surface area contributed by atoms with Crippen molar-refractivity contribution in [1.82, 2.24) is 0 Å². The molecule has 0 aliphatic rings. The lowest BCUT2D eigenvalue weighted by Gasteiger charge is -2.11. The van der Waals surface area contributed by atoms with E-state index in [4.69, 9.17) is 20.0 Å². The maximum atomic E-state index is 13.6. The summed E-state index contributed by atoms with van der Waals surface area (Å²) in [5.41, 5.74) is -0.0901. The summed E-state index contributed by atoms with van der Waals surface area (Å²) in [6.07, 6.45) is 1.13. The molecule has 0 bridgehead atoms. The van der Waals surface area contributed by atoms with Crippen molar-refractivity contribution in [2.24, 2.45) is 0 Å². The van der Waals surface area contributed by atoms with Gasteiger partial charge in [-0.05, 0) is 12.1 Å². The summed E-state index contributed by atoms with van der Waals surface area (Å²) < 4.78 is 23.8. The van der Waals surface area contributed by atoms with Gasteiger partial charge in [-0.25, -0.2) is 4.39 Å². The highest BCUT2D eigenvalue weighted by atomic mass is 19.1. The van der Waals surface area contributed by atoms with E-state index >= 15 is 0 Å². The van der Waals surface area contributed by atoms with Gasteiger partial charge in [0.25, 0.3) is 0 Å². The Morgan fingerprint density at radius 3 is 2.74 bits per heavy atom. The number of anilines is 1. The molecule has 1 aromatic carbocycles. The zero-order valence-electron chi connectivity index (χ0n) is 10.3. The number of methoxy groups -OCH3 is 1. The number of para-hydroxylation sites is 1. The van der Waals surface area contributed by atoms with Gasteiger partial charge in [0.15, 0.2) is 0 Å². The number of hydrogen-bond acceptors (Lipinski definition) is 5. The van der Waals surface area contributed by atoms with Crippen molar-refractivity contribution in [2.75, 3.05) is 25.6 Å². The van der Waals surface area contributed by atoms with Crippen LogP contribution < -0.4 is 10.1 Å². The molecule has 0 amide bonds. The molecule has 98 valence electrons. The molecule has 1 rings (SSSR count). The summed E-state index contributed by atoms with van der Waals surface area (Å²) in [5, 5.41) is 19.7. The third-order valence-electron chi connectivity index (χ3n) is 2.12. The third kappa shape index (κ3) is 4.30. The van der Waals surface area contributed by atoms with E-state index in [1.807, 2.05) is 0 Å². The number of nitrogens with one attached hydrogen (secondary N) is 1. The first kappa shape index (κ1) is 14.5. The summed E-state index contributed by atoms with van der Waals surface area (Å²) in [6, 6.07) is 7.66. The summed E-state index contributed by atoms with van der Waals surface area (Å²) in [4.78, 5) is 0. The van der Waals surface area contributed by atoms with Crippen LogP contribution in [0.2, 0.25) is 0 Å². The molecule has 0 unspecified atom stereocenters. The molecule has 6 heteroatoms. The molecule has 19 heavy (non-hydrogen) atoms. The summed E-state index contributed by atoms with van der Waals surface area (Å²) in [7, 11) is 1.53. The van der Waals surface area contributed by atoms with E-state index in [1.54, 1.807) is 18.2 Å². The highest BCUT2D eigenvalue weighted by Gasteiger charge is 2.08. The SMILES string of the molecule is COCCOc1cccc(F)c1NC=C(C#N)C#N. The predicted octanol–water partition coefficient (Wildman–Crippen LogP) is 2.19. The van der Waals surface area contributed by atoms with Crippen LogP contribution in [0.3, 0.4) is 0 Å². The Hall–Kier alpha value is -2.57. The smallest absolute Gasteiger partial charge is 0.150 e. The zero-order valence-corrected chi connectivity index (χ0v) is 10.3. The van der Waals surface area contributed by atoms with Gasteiger partial charge in [-0.15, -0.1) is 0 Å². The topological polar surface area (TPSA) is 78.1 Å². The minimum atomic E-state index is -0.540. The van der Waals surface area contributed by atoms with E-state index in [2.05, 4.69) is 5.32 Å². The van der Waals surface area contributed by atoms with E-state index in [1.165, 1.54) is 19.2 Å². The van der Waals surface area contributed by atoms with Gasteiger partial charge in [-0.1, -0.05) is 6.07 Å². The van der Waals surface area contributed by atoms with Crippen LogP contribution in [-0.2, 0) is 4.74 Å². The molecule has 0 spiro atoms. The van der Waals surface area contributed by atoms with Gasteiger partial charge in [0.2, 0.25) is 0 Å². The van der Waals surface area contributed by atoms with Crippen LogP contribution in [0.25, 0.3) is 0 Å². The monoisotopic (exact) mass is 261 g/mol. The Labute approximate surface area is 110 Å². The Morgan fingerprint density at radius 2 is 2.11 bits per heavy atom. The predicted molar refractivity (Wildman–Crippen MR) is 66.7 cm³/mol. The van der Waals surface area contributed by atoms with Crippen molar-refractivity contribution in [3.8, 4) is 17.9 Å². The average Bonchev–Trinajstić information content (AvgIpc) is 2.42. The number of nitrogens with zero attached hydrogens (tertiary/aromatic N) is 2. The number of benzene rings is 1. The van der Waals surface area contributed by atoms with E-state index in [0.717, 1.165) is 6.20 Å². The second-order valence-corrected chi connectivity index (χ2v) is 3.38. The quantitative estimate of drug-likeness (QED) is 0.627. The number of nitriles is 2. The lowest BCUT2D eigenvalue weighted by molar-refractivity contribution is 0.146. The van der Waals surface area contributed by atoms with E-state index in [9.17, 15) is 4.39 Å². The first-order chi connectivity index (χ1) is 9.22. The third-order valence-corrected chi connectivity index (χ3v) is 2.12. The maximum Gasteiger partial charge on any atom is 0.150 e. The molecule has 0 saturated carbocycles. The molecule has 1 N–H and O–H groups in total. The lowest BCUT2D eigenvalue weighted by atomic mass is 10.2. The molecule has 0 aliphatic carbocycles. The average molecular weight is 261 g/mol. The first-order valence-corrected chi connectivity index (χ1v) is 5.40. The highest BCUT2D eigenvalue weighted by Crippen LogP contribution is 2.27. The largest absolute Gasteiger partial charge is 0.489 e. The van der Waals surface area contributed by atoms with Crippen molar-refractivity contribution in [3.63, 3.8) is 0 Å². The van der Waals surface area contributed by atoms with Gasteiger partial charge in [0, 0.05) is 13.3 Å². The number of halogens is 1. The van der Waals surface area contributed by atoms with Gasteiger partial charge in [-0.2, -0.15) is 10.5 Å². The van der Waals surface area contributed by atoms with Crippen LogP contribution in [-0.4, -0.2) is 20.3 Å². The second kappa shape index (κ2) is 7.70. The summed E-state index contributed by atoms with van der Waals surface area (Å²) in [5.74, 6) is -0.259. The van der Waals surface area contributed by atoms with Gasteiger partial charge in [-0.3, -0.25) is 0 Å². The molecular formula is C13H12FN3O2. The van der Waals surface area contributed by atoms with Crippen molar-refractivity contribution in [1.29, 1.82) is 10.5 Å². The van der Waals surface area contributed by atoms with Crippen LogP contribution in [0.4, 0.5) is 10.1 Å². The fraction of sp³-hybridized carbons (Fsp3) is 0.231. The van der Waals surface area contributed by atoms with E-state index in [-0.39, 0.29) is 23.6 Å². The van der Waals surface area contributed by atoms with Crippen molar-refractivity contribution in [3.05, 3.63) is 35.8 Å². The fourth-order valence-electron chi connectivity index (χ4n) is 1.23. The number of allylic oxidation sites excluding steroid dienone is 1. The molecular weight excluding hydrogens is 249 g/mol. The second-order valence-electron chi connectivity index (χ2n) is 3.38. The number of hydrogen-bond donors (Lipinski definition) is 1. The highest BCUT2D eigenvalue weighted by molar-refractivity contribution is 5.60. The Morgan fingerprint density at radius 1 is 1.37 bits per heavy atom. The molecule has 0 heterocycles. The maximum absolute atomic E-state index is 13.6. The minimum absolute atomic E-state index is 0.0709. The standard InChI is InChI=1S/C13H12FN3O2/c1-18-5-6-19-12-4-2-3-11(14)13(12)17-9-10(7-15)8-16/h2-4,9,17H,5-6H2,1H3. The van der Waals surface area contributed by atoms with Crippen molar-refractivity contribution < 1.29 is 13.9 Å². The molecule has 0 saturated heterocycles. The Bertz CT molecular complexity index is 528. The molecule has 0 atom stereocenters. The van der Waals surface area contributed by atoms with Gasteiger partial charge in [0.05, 0.1) is 6.61 Å². The molecule has 0 fully saturated rings. The van der Waals surface area contributed by atoms with E-state index in [0.29, 0.717) is 6.61 Å². The Balaban J connectivity index is 2.90. The zero-order chi connectivity index (χ0) is 14.1. The number of ether oxygens (including phenoxy) is 2. The van der Waals surface area contributed by atoms with Gasteiger partial charge < -0.3 is 14.8 Å². The number of rotatable bonds is 6. The van der Waals surface area contributed by atoms with Gasteiger partial charge in [0.1, 0.15) is 41.6 Å². The minimum Gasteiger partial charge on any atom is -0.489 e. The fourth-order valence-corrected chi connectivity index (χ4v) is 1.23. The lowest BCUT2D eigenvalue weighted by Crippen LogP contribution is -2.06. The van der Waals surface area contributed by atoms with Crippen LogP contribution in [0, 0.1) is 28.5 Å². The molecule has 0 aromatic heterocycles. The van der Waals surface area contributed by atoms with Crippen LogP contribution in [0.15, 0.2) is 30.0 Å². The summed E-state index contributed by atoms with van der Waals surface area (Å²) in [6.45, 7) is 0.634. The normalized spacial score (nSPS) is 9.05. The Kier molecular flexibility index (Phi) is 5.87. The molecule has 5 nitrogen and oxygen atoms in total. The van der Waals surface area contributed by atoms with Crippen LogP contribution in [0.1, 0.15) is 0 Å². The molecule has 1 aromatic rings. The van der Waals surface area contributed by atoms with Crippen molar-refractivity contribution in [2.45, 2.75) is 0 Å². The van der Waals surface area contributed by atoms with Crippen molar-refractivity contribution >= 4 is 5.69 Å². The van der Waals surface area contributed by atoms with Crippen LogP contribution in [0.5, 0.6) is 5.75 Å². The molecule has 0 aliphatic heterocycles. The summed E-state index contributed by atoms with van der Waals surface area (Å²) >= 11 is 0.